The van der Waals surface area contributed by atoms with E-state index in [1.165, 1.54) is 23.9 Å². The van der Waals surface area contributed by atoms with Gasteiger partial charge < -0.3 is 10.5 Å². The summed E-state index contributed by atoms with van der Waals surface area (Å²) in [6, 6.07) is 2.97. The molecule has 0 radical (unpaired) electrons. The predicted octanol–water partition coefficient (Wildman–Crippen LogP) is 2.29. The van der Waals surface area contributed by atoms with Crippen LogP contribution in [-0.2, 0) is 9.59 Å². The molecule has 1 amide bonds. The highest BCUT2D eigenvalue weighted by atomic mass is 32.2. The molecule has 28 heavy (non-hydrogen) atoms. The molecule has 0 saturated carbocycles. The molecule has 0 aromatic heterocycles. The fourth-order valence-electron chi connectivity index (χ4n) is 2.67. The van der Waals surface area contributed by atoms with E-state index >= 15 is 0 Å². The average molecular weight is 406 g/mol. The summed E-state index contributed by atoms with van der Waals surface area (Å²) >= 11 is 1.23. The lowest BCUT2D eigenvalue weighted by molar-refractivity contribution is -0.136. The van der Waals surface area contributed by atoms with E-state index in [2.05, 4.69) is 10.4 Å². The topological polar surface area (TPSA) is 97.0 Å². The molecule has 9 heteroatoms. The first-order chi connectivity index (χ1) is 13.3. The van der Waals surface area contributed by atoms with Gasteiger partial charge in [-0.05, 0) is 48.7 Å². The number of esters is 1. The van der Waals surface area contributed by atoms with Crippen LogP contribution in [0.25, 0.3) is 6.08 Å². The second-order valence-electron chi connectivity index (χ2n) is 6.95. The van der Waals surface area contributed by atoms with Crippen LogP contribution >= 0.6 is 11.8 Å². The van der Waals surface area contributed by atoms with Gasteiger partial charge in [0.05, 0.1) is 4.91 Å². The summed E-state index contributed by atoms with van der Waals surface area (Å²) in [5.74, 6) is -1.69. The summed E-state index contributed by atoms with van der Waals surface area (Å²) < 4.78 is 19.0. The van der Waals surface area contributed by atoms with E-state index < -0.39 is 17.8 Å². The monoisotopic (exact) mass is 406 g/mol. The number of hydrazine groups is 1. The van der Waals surface area contributed by atoms with Crippen LogP contribution in [0.2, 0.25) is 0 Å². The number of nitrogens with zero attached hydrogens (tertiary/aromatic N) is 2. The van der Waals surface area contributed by atoms with E-state index in [0.717, 1.165) is 32.0 Å². The third-order valence-electron chi connectivity index (χ3n) is 4.41. The van der Waals surface area contributed by atoms with Crippen molar-refractivity contribution in [3.05, 3.63) is 34.5 Å². The Labute approximate surface area is 167 Å². The van der Waals surface area contributed by atoms with Crippen molar-refractivity contribution in [2.75, 3.05) is 13.1 Å². The lowest BCUT2D eigenvalue weighted by atomic mass is 10.1. The first kappa shape index (κ1) is 20.5. The van der Waals surface area contributed by atoms with Crippen LogP contribution < -0.4 is 15.9 Å². The molecule has 1 fully saturated rings. The van der Waals surface area contributed by atoms with Gasteiger partial charge in [0.1, 0.15) is 17.6 Å². The first-order valence-corrected chi connectivity index (χ1v) is 9.97. The number of hydrogen-bond donors (Lipinski definition) is 2. The van der Waals surface area contributed by atoms with E-state index in [9.17, 15) is 14.0 Å². The number of rotatable bonds is 4. The standard InChI is InChI=1S/C19H23FN4O3S/c1-11(2)16(21)18(26)27-14-10-13(20)6-5-12(14)9-15-17(25)23-19(28-15)24-8-4-3-7-22-24/h5-6,9-11,16,22H,3-4,7-8,21H2,1-2H3/t16-/m0/s1. The molecule has 150 valence electrons. The van der Waals surface area contributed by atoms with Crippen LogP contribution in [0.5, 0.6) is 5.75 Å². The summed E-state index contributed by atoms with van der Waals surface area (Å²) in [5, 5.41) is 2.44. The molecule has 3 N–H and O–H groups in total. The third kappa shape index (κ3) is 4.78. The van der Waals surface area contributed by atoms with Gasteiger partial charge >= 0.3 is 5.97 Å². The molecule has 0 spiro atoms. The van der Waals surface area contributed by atoms with Crippen LogP contribution in [0.1, 0.15) is 32.3 Å². The second kappa shape index (κ2) is 8.85. The SMILES string of the molecule is CC(C)[C@H](N)C(=O)Oc1cc(F)ccc1C=C1SC(N2CCCCN2)=NC1=O. The quantitative estimate of drug-likeness (QED) is 0.450. The van der Waals surface area contributed by atoms with Gasteiger partial charge in [0.25, 0.3) is 5.91 Å². The zero-order chi connectivity index (χ0) is 20.3. The minimum Gasteiger partial charge on any atom is -0.425 e. The normalized spacial score (nSPS) is 19.9. The van der Waals surface area contributed by atoms with E-state index in [-0.39, 0.29) is 17.6 Å². The molecule has 0 aliphatic carbocycles. The Morgan fingerprint density at radius 1 is 1.43 bits per heavy atom. The van der Waals surface area contributed by atoms with E-state index in [1.807, 2.05) is 5.01 Å². The van der Waals surface area contributed by atoms with Crippen molar-refractivity contribution in [2.24, 2.45) is 16.6 Å². The Bertz CT molecular complexity index is 834. The summed E-state index contributed by atoms with van der Waals surface area (Å²) in [4.78, 5) is 28.9. The highest BCUT2D eigenvalue weighted by Crippen LogP contribution is 2.33. The number of nitrogens with two attached hydrogens (primary N) is 1. The number of halogens is 1. The number of aliphatic imine (C=N–C) groups is 1. The molecule has 1 atom stereocenters. The lowest BCUT2D eigenvalue weighted by Crippen LogP contribution is -2.45. The zero-order valence-electron chi connectivity index (χ0n) is 15.8. The molecule has 0 bridgehead atoms. The van der Waals surface area contributed by atoms with Crippen molar-refractivity contribution in [3.63, 3.8) is 0 Å². The maximum absolute atomic E-state index is 13.7. The number of hydrogen-bond acceptors (Lipinski definition) is 7. The molecule has 0 unspecified atom stereocenters. The molecule has 1 saturated heterocycles. The first-order valence-electron chi connectivity index (χ1n) is 9.15. The van der Waals surface area contributed by atoms with Gasteiger partial charge in [-0.2, -0.15) is 4.99 Å². The van der Waals surface area contributed by atoms with Crippen LogP contribution in [-0.4, -0.2) is 41.2 Å². The summed E-state index contributed by atoms with van der Waals surface area (Å²) in [6.07, 6.45) is 3.65. The maximum Gasteiger partial charge on any atom is 0.328 e. The maximum atomic E-state index is 13.7. The van der Waals surface area contributed by atoms with Crippen molar-refractivity contribution in [2.45, 2.75) is 32.7 Å². The summed E-state index contributed by atoms with van der Waals surface area (Å²) in [5.41, 5.74) is 9.42. The number of ether oxygens (including phenoxy) is 1. The van der Waals surface area contributed by atoms with Crippen molar-refractivity contribution < 1.29 is 18.7 Å². The highest BCUT2D eigenvalue weighted by Gasteiger charge is 2.28. The smallest absolute Gasteiger partial charge is 0.328 e. The van der Waals surface area contributed by atoms with E-state index in [4.69, 9.17) is 10.5 Å². The Hall–Kier alpha value is -2.23. The summed E-state index contributed by atoms with van der Waals surface area (Å²) in [6.45, 7) is 5.20. The Kier molecular flexibility index (Phi) is 6.48. The lowest BCUT2D eigenvalue weighted by Gasteiger charge is -2.28. The van der Waals surface area contributed by atoms with Crippen LogP contribution in [0.3, 0.4) is 0 Å². The largest absolute Gasteiger partial charge is 0.425 e. The van der Waals surface area contributed by atoms with Gasteiger partial charge in [0, 0.05) is 24.7 Å². The van der Waals surface area contributed by atoms with Crippen molar-refractivity contribution >= 4 is 34.9 Å². The molecule has 1 aromatic rings. The van der Waals surface area contributed by atoms with E-state index in [1.54, 1.807) is 19.9 Å². The fraction of sp³-hybridized carbons (Fsp3) is 0.421. The predicted molar refractivity (Wildman–Crippen MR) is 107 cm³/mol. The molecule has 3 rings (SSSR count). The minimum absolute atomic E-state index is 0.0200. The number of nitrogens with one attached hydrogen (secondary N) is 1. The van der Waals surface area contributed by atoms with Crippen LogP contribution in [0.15, 0.2) is 28.1 Å². The Balaban J connectivity index is 1.80. The average Bonchev–Trinajstić information content (AvgIpc) is 3.04. The molecule has 2 heterocycles. The van der Waals surface area contributed by atoms with Gasteiger partial charge in [-0.15, -0.1) is 0 Å². The number of benzene rings is 1. The van der Waals surface area contributed by atoms with E-state index in [0.29, 0.717) is 15.6 Å². The Morgan fingerprint density at radius 3 is 2.89 bits per heavy atom. The highest BCUT2D eigenvalue weighted by molar-refractivity contribution is 8.18. The van der Waals surface area contributed by atoms with Gasteiger partial charge in [0.2, 0.25) is 0 Å². The molecular weight excluding hydrogens is 383 g/mol. The third-order valence-corrected chi connectivity index (χ3v) is 5.42. The van der Waals surface area contributed by atoms with Crippen LogP contribution in [0, 0.1) is 11.7 Å². The number of amidine groups is 1. The van der Waals surface area contributed by atoms with Crippen LogP contribution in [0.4, 0.5) is 4.39 Å². The number of carbonyl (C=O) groups is 2. The molecule has 1 aromatic carbocycles. The molecular formula is C19H23FN4O3S. The van der Waals surface area contributed by atoms with Gasteiger partial charge in [0.15, 0.2) is 5.17 Å². The fourth-order valence-corrected chi connectivity index (χ4v) is 3.58. The number of thioether (sulfide) groups is 1. The Morgan fingerprint density at radius 2 is 2.21 bits per heavy atom. The number of amides is 1. The van der Waals surface area contributed by atoms with Gasteiger partial charge in [-0.1, -0.05) is 13.8 Å². The van der Waals surface area contributed by atoms with Gasteiger partial charge in [-0.3, -0.25) is 9.80 Å². The molecule has 2 aliphatic heterocycles. The number of carbonyl (C=O) groups excluding carboxylic acids is 2. The summed E-state index contributed by atoms with van der Waals surface area (Å²) in [7, 11) is 0. The van der Waals surface area contributed by atoms with Crippen molar-refractivity contribution in [1.29, 1.82) is 0 Å². The minimum atomic E-state index is -0.827. The molecule has 2 aliphatic rings. The second-order valence-corrected chi connectivity index (χ2v) is 7.96. The van der Waals surface area contributed by atoms with Crippen molar-refractivity contribution in [3.8, 4) is 5.75 Å². The van der Waals surface area contributed by atoms with Crippen molar-refractivity contribution in [1.82, 2.24) is 10.4 Å². The van der Waals surface area contributed by atoms with Gasteiger partial charge in [-0.25, -0.2) is 14.6 Å². The zero-order valence-corrected chi connectivity index (χ0v) is 16.6. The molecule has 7 nitrogen and oxygen atoms in total.